The van der Waals surface area contributed by atoms with Gasteiger partial charge in [0, 0.05) is 23.5 Å². The molecule has 1 aliphatic heterocycles. The van der Waals surface area contributed by atoms with Crippen LogP contribution in [-0.2, 0) is 0 Å². The molecule has 0 saturated carbocycles. The first-order valence-corrected chi connectivity index (χ1v) is 7.23. The molecule has 0 spiro atoms. The fraction of sp³-hybridized carbons (Fsp3) is 0.105. The Morgan fingerprint density at radius 3 is 2.57 bits per heavy atom. The molecule has 0 bridgehead atoms. The van der Waals surface area contributed by atoms with E-state index in [4.69, 9.17) is 9.47 Å². The summed E-state index contributed by atoms with van der Waals surface area (Å²) in [6.07, 6.45) is 5.48. The Morgan fingerprint density at radius 1 is 1.00 bits per heavy atom. The van der Waals surface area contributed by atoms with Gasteiger partial charge < -0.3 is 14.8 Å². The van der Waals surface area contributed by atoms with Crippen LogP contribution in [0.25, 0.3) is 11.6 Å². The molecule has 0 atom stereocenters. The minimum atomic E-state index is -0.0744. The van der Waals surface area contributed by atoms with E-state index in [9.17, 15) is 4.79 Å². The van der Waals surface area contributed by atoms with Crippen molar-refractivity contribution in [1.29, 1.82) is 0 Å². The van der Waals surface area contributed by atoms with Crippen LogP contribution in [0, 0.1) is 0 Å². The number of hydrogen-bond acceptors (Lipinski definition) is 4. The molecule has 0 aliphatic carbocycles. The largest absolute Gasteiger partial charge is 0.493 e. The maximum absolute atomic E-state index is 13.0. The van der Waals surface area contributed by atoms with Gasteiger partial charge in [0.25, 0.3) is 0 Å². The number of carbonyl (C=O) groups is 1. The SMILES string of the molecule is COc1ccc(C(=O)C2=CNC=Cc3ccccc32)cc1OC. The molecule has 4 heteroatoms. The van der Waals surface area contributed by atoms with Crippen LogP contribution in [0.15, 0.2) is 54.9 Å². The van der Waals surface area contributed by atoms with Gasteiger partial charge in [-0.25, -0.2) is 0 Å². The van der Waals surface area contributed by atoms with E-state index < -0.39 is 0 Å². The fourth-order valence-corrected chi connectivity index (χ4v) is 2.56. The molecule has 2 aromatic rings. The molecule has 23 heavy (non-hydrogen) atoms. The van der Waals surface area contributed by atoms with Crippen LogP contribution >= 0.6 is 0 Å². The van der Waals surface area contributed by atoms with E-state index in [1.807, 2.05) is 36.5 Å². The second-order valence-electron chi connectivity index (χ2n) is 5.04. The predicted molar refractivity (Wildman–Crippen MR) is 90.5 cm³/mol. The number of ketones is 1. The third-order valence-electron chi connectivity index (χ3n) is 3.73. The lowest BCUT2D eigenvalue weighted by molar-refractivity contribution is 0.105. The third-order valence-corrected chi connectivity index (χ3v) is 3.73. The Kier molecular flexibility index (Phi) is 4.15. The molecule has 116 valence electrons. The first-order chi connectivity index (χ1) is 11.2. The number of carbonyl (C=O) groups excluding carboxylic acids is 1. The van der Waals surface area contributed by atoms with E-state index in [1.165, 1.54) is 0 Å². The number of ether oxygens (including phenoxy) is 2. The van der Waals surface area contributed by atoms with Crippen LogP contribution in [0.4, 0.5) is 0 Å². The molecule has 1 N–H and O–H groups in total. The maximum atomic E-state index is 13.0. The third kappa shape index (κ3) is 2.83. The zero-order chi connectivity index (χ0) is 16.2. The van der Waals surface area contributed by atoms with E-state index in [0.29, 0.717) is 22.6 Å². The van der Waals surface area contributed by atoms with E-state index >= 15 is 0 Å². The van der Waals surface area contributed by atoms with Gasteiger partial charge >= 0.3 is 0 Å². The van der Waals surface area contributed by atoms with Crippen LogP contribution in [0.2, 0.25) is 0 Å². The van der Waals surface area contributed by atoms with Gasteiger partial charge in [-0.15, -0.1) is 0 Å². The van der Waals surface area contributed by atoms with Gasteiger partial charge in [-0.2, -0.15) is 0 Å². The molecule has 3 rings (SSSR count). The van der Waals surface area contributed by atoms with E-state index in [2.05, 4.69) is 5.32 Å². The normalized spacial score (nSPS) is 12.5. The number of allylic oxidation sites excluding steroid dienone is 1. The average molecular weight is 307 g/mol. The van der Waals surface area contributed by atoms with Crippen LogP contribution < -0.4 is 14.8 Å². The average Bonchev–Trinajstić information content (AvgIpc) is 2.83. The number of methoxy groups -OCH3 is 2. The molecule has 0 aromatic heterocycles. The Bertz CT molecular complexity index is 806. The molecule has 4 nitrogen and oxygen atoms in total. The van der Waals surface area contributed by atoms with Gasteiger partial charge in [0.2, 0.25) is 0 Å². The van der Waals surface area contributed by atoms with Crippen LogP contribution in [-0.4, -0.2) is 20.0 Å². The molecular weight excluding hydrogens is 290 g/mol. The Hall–Kier alpha value is -3.01. The quantitative estimate of drug-likeness (QED) is 0.878. The first kappa shape index (κ1) is 14.9. The molecule has 1 aliphatic rings. The zero-order valence-electron chi connectivity index (χ0n) is 13.0. The van der Waals surface area contributed by atoms with Crippen molar-refractivity contribution >= 4 is 17.4 Å². The van der Waals surface area contributed by atoms with Crippen molar-refractivity contribution in [3.05, 3.63) is 71.6 Å². The van der Waals surface area contributed by atoms with E-state index in [0.717, 1.165) is 11.1 Å². The second-order valence-corrected chi connectivity index (χ2v) is 5.04. The van der Waals surface area contributed by atoms with Crippen molar-refractivity contribution in [2.24, 2.45) is 0 Å². The summed E-state index contributed by atoms with van der Waals surface area (Å²) in [6, 6.07) is 13.0. The van der Waals surface area contributed by atoms with Crippen LogP contribution in [0.1, 0.15) is 21.5 Å². The number of benzene rings is 2. The van der Waals surface area contributed by atoms with Gasteiger partial charge in [-0.05, 0) is 35.4 Å². The molecule has 0 radical (unpaired) electrons. The van der Waals surface area contributed by atoms with Crippen molar-refractivity contribution in [2.45, 2.75) is 0 Å². The highest BCUT2D eigenvalue weighted by atomic mass is 16.5. The van der Waals surface area contributed by atoms with Crippen molar-refractivity contribution in [1.82, 2.24) is 5.32 Å². The highest BCUT2D eigenvalue weighted by Crippen LogP contribution is 2.31. The molecule has 0 amide bonds. The van der Waals surface area contributed by atoms with Crippen molar-refractivity contribution < 1.29 is 14.3 Å². The summed E-state index contributed by atoms with van der Waals surface area (Å²) >= 11 is 0. The molecule has 0 fully saturated rings. The lowest BCUT2D eigenvalue weighted by atomic mass is 9.94. The summed E-state index contributed by atoms with van der Waals surface area (Å²) in [7, 11) is 3.12. The van der Waals surface area contributed by atoms with Crippen molar-refractivity contribution in [3.8, 4) is 11.5 Å². The second kappa shape index (κ2) is 6.40. The highest BCUT2D eigenvalue weighted by molar-refractivity contribution is 6.29. The lowest BCUT2D eigenvalue weighted by Gasteiger charge is -2.11. The summed E-state index contributed by atoms with van der Waals surface area (Å²) in [5, 5.41) is 3.03. The Balaban J connectivity index is 2.03. The van der Waals surface area contributed by atoms with Crippen molar-refractivity contribution in [2.75, 3.05) is 14.2 Å². The summed E-state index contributed by atoms with van der Waals surface area (Å²) in [5.74, 6) is 1.06. The van der Waals surface area contributed by atoms with Gasteiger partial charge in [0.15, 0.2) is 17.3 Å². The minimum Gasteiger partial charge on any atom is -0.493 e. The number of hydrogen-bond donors (Lipinski definition) is 1. The standard InChI is InChI=1S/C19H17NO3/c1-22-17-8-7-14(11-18(17)23-2)19(21)16-12-20-10-9-13-5-3-4-6-15(13)16/h3-12,20H,1-2H3. The summed E-state index contributed by atoms with van der Waals surface area (Å²) in [4.78, 5) is 13.0. The van der Waals surface area contributed by atoms with Gasteiger partial charge in [-0.1, -0.05) is 24.3 Å². The topological polar surface area (TPSA) is 47.6 Å². The van der Waals surface area contributed by atoms with Crippen LogP contribution in [0.5, 0.6) is 11.5 Å². The molecule has 2 aromatic carbocycles. The number of Topliss-reactive ketones (excluding diaryl/α,β-unsaturated/α-hetero) is 1. The molecular formula is C19H17NO3. The monoisotopic (exact) mass is 307 g/mol. The summed E-state index contributed by atoms with van der Waals surface area (Å²) in [5.41, 5.74) is 3.05. The Labute approximate surface area is 135 Å². The fourth-order valence-electron chi connectivity index (χ4n) is 2.56. The van der Waals surface area contributed by atoms with Crippen LogP contribution in [0.3, 0.4) is 0 Å². The van der Waals surface area contributed by atoms with Gasteiger partial charge in [0.05, 0.1) is 14.2 Å². The zero-order valence-corrected chi connectivity index (χ0v) is 13.0. The lowest BCUT2D eigenvalue weighted by Crippen LogP contribution is -2.06. The van der Waals surface area contributed by atoms with Crippen molar-refractivity contribution in [3.63, 3.8) is 0 Å². The van der Waals surface area contributed by atoms with Gasteiger partial charge in [-0.3, -0.25) is 4.79 Å². The molecule has 0 saturated heterocycles. The van der Waals surface area contributed by atoms with Gasteiger partial charge in [0.1, 0.15) is 0 Å². The smallest absolute Gasteiger partial charge is 0.195 e. The number of fused-ring (bicyclic) bond motifs is 1. The number of nitrogens with one attached hydrogen (secondary N) is 1. The molecule has 1 heterocycles. The summed E-state index contributed by atoms with van der Waals surface area (Å²) < 4.78 is 10.5. The predicted octanol–water partition coefficient (Wildman–Crippen LogP) is 3.50. The minimum absolute atomic E-state index is 0.0744. The summed E-state index contributed by atoms with van der Waals surface area (Å²) in [6.45, 7) is 0. The molecule has 0 unspecified atom stereocenters. The first-order valence-electron chi connectivity index (χ1n) is 7.23. The maximum Gasteiger partial charge on any atom is 0.195 e. The Morgan fingerprint density at radius 2 is 1.78 bits per heavy atom. The number of rotatable bonds is 4. The van der Waals surface area contributed by atoms with E-state index in [1.54, 1.807) is 38.6 Å². The highest BCUT2D eigenvalue weighted by Gasteiger charge is 2.19. The van der Waals surface area contributed by atoms with E-state index in [-0.39, 0.29) is 5.78 Å².